The number of hydrogen-bond donors (Lipinski definition) is 0. The molecule has 6 heteroatoms. The second kappa shape index (κ2) is 62.9. The minimum atomic E-state index is -0.784. The highest BCUT2D eigenvalue weighted by atomic mass is 16.6. The van der Waals surface area contributed by atoms with Gasteiger partial charge in [-0.2, -0.15) is 0 Å². The summed E-state index contributed by atoms with van der Waals surface area (Å²) in [5.74, 6) is -0.893. The van der Waals surface area contributed by atoms with Crippen LogP contribution in [0.4, 0.5) is 0 Å². The first-order valence-electron chi connectivity index (χ1n) is 31.7. The molecule has 0 amide bonds. The van der Waals surface area contributed by atoms with Crippen LogP contribution in [0.3, 0.4) is 0 Å². The Morgan fingerprint density at radius 1 is 0.280 bits per heavy atom. The lowest BCUT2D eigenvalue weighted by molar-refractivity contribution is -0.167. The predicted molar refractivity (Wildman–Crippen MR) is 325 cm³/mol. The van der Waals surface area contributed by atoms with E-state index < -0.39 is 6.10 Å². The van der Waals surface area contributed by atoms with E-state index >= 15 is 0 Å². The zero-order valence-electron chi connectivity index (χ0n) is 49.3. The van der Waals surface area contributed by atoms with Gasteiger partial charge in [0.15, 0.2) is 6.10 Å². The van der Waals surface area contributed by atoms with Crippen LogP contribution in [0, 0.1) is 0 Å². The minimum Gasteiger partial charge on any atom is -0.462 e. The molecule has 75 heavy (non-hydrogen) atoms. The van der Waals surface area contributed by atoms with Crippen LogP contribution in [0.5, 0.6) is 0 Å². The Hall–Kier alpha value is -3.67. The molecule has 0 N–H and O–H groups in total. The van der Waals surface area contributed by atoms with Crippen molar-refractivity contribution in [2.75, 3.05) is 13.2 Å². The van der Waals surface area contributed by atoms with Crippen LogP contribution in [-0.4, -0.2) is 37.2 Å². The molecular weight excluding hydrogens is 925 g/mol. The number of carbonyl (C=O) groups is 3. The molecule has 1 atom stereocenters. The first-order valence-corrected chi connectivity index (χ1v) is 31.7. The molecule has 0 saturated carbocycles. The van der Waals surface area contributed by atoms with Gasteiger partial charge < -0.3 is 14.2 Å². The summed E-state index contributed by atoms with van der Waals surface area (Å²) in [6.45, 7) is 6.50. The molecule has 6 nitrogen and oxygen atoms in total. The van der Waals surface area contributed by atoms with E-state index in [1.54, 1.807) is 0 Å². The molecular formula is C69H118O6. The molecule has 0 bridgehead atoms. The standard InChI is InChI=1S/C69H118O6/c1-4-7-10-13-16-19-22-24-26-28-29-30-31-32-33-34-35-36-37-38-39-41-42-44-47-50-53-56-59-62-68(71)74-65-66(64-73-67(70)61-58-55-52-49-46-21-18-15-12-9-6-3)75-69(72)63-60-57-54-51-48-45-43-40-27-25-23-20-17-14-11-8-5-2/h7,10,15-16,18-19,24,26,29-30,32-33,35-36,38-39,66H,4-6,8-9,11-14,17,20-23,25,27-28,31,34,37,40-65H2,1-3H3/b10-7-,18-15-,19-16-,26-24-,30-29-,33-32-,36-35-,39-38-. The van der Waals surface area contributed by atoms with Crippen molar-refractivity contribution in [3.05, 3.63) is 97.2 Å². The Kier molecular flexibility index (Phi) is 59.8. The number of esters is 3. The third kappa shape index (κ3) is 61.1. The highest BCUT2D eigenvalue weighted by Crippen LogP contribution is 2.16. The van der Waals surface area contributed by atoms with Gasteiger partial charge in [0.05, 0.1) is 0 Å². The second-order valence-electron chi connectivity index (χ2n) is 20.9. The summed E-state index contributed by atoms with van der Waals surface area (Å²) in [6.07, 6.45) is 84.1. The van der Waals surface area contributed by atoms with Crippen molar-refractivity contribution >= 4 is 17.9 Å². The molecule has 430 valence electrons. The summed E-state index contributed by atoms with van der Waals surface area (Å²) < 4.78 is 16.9. The van der Waals surface area contributed by atoms with Gasteiger partial charge in [0.1, 0.15) is 13.2 Å². The van der Waals surface area contributed by atoms with Gasteiger partial charge in [0.2, 0.25) is 0 Å². The fourth-order valence-electron chi connectivity index (χ4n) is 8.82. The van der Waals surface area contributed by atoms with Crippen LogP contribution in [0.2, 0.25) is 0 Å². The third-order valence-corrected chi connectivity index (χ3v) is 13.6. The van der Waals surface area contributed by atoms with Crippen molar-refractivity contribution in [3.8, 4) is 0 Å². The SMILES string of the molecule is CC/C=C\C/C=C\C/C=C\C/C=C\C/C=C\C/C=C\C/C=C\CCCCCCCCCC(=O)OCC(COC(=O)CCCCCCC/C=C\CCCC)OC(=O)CCCCCCCCCCCCCCCCCCC. The largest absolute Gasteiger partial charge is 0.462 e. The van der Waals surface area contributed by atoms with Gasteiger partial charge in [0, 0.05) is 19.3 Å². The van der Waals surface area contributed by atoms with Gasteiger partial charge >= 0.3 is 17.9 Å². The molecule has 0 aliphatic rings. The van der Waals surface area contributed by atoms with Crippen LogP contribution in [-0.2, 0) is 28.6 Å². The fourth-order valence-corrected chi connectivity index (χ4v) is 8.82. The maximum atomic E-state index is 12.9. The predicted octanol–water partition coefficient (Wildman–Crippen LogP) is 21.7. The average Bonchev–Trinajstić information content (AvgIpc) is 3.41. The number of unbranched alkanes of at least 4 members (excludes halogenated alkanes) is 30. The number of carbonyl (C=O) groups excluding carboxylic acids is 3. The summed E-state index contributed by atoms with van der Waals surface area (Å²) in [4.78, 5) is 38.2. The summed E-state index contributed by atoms with van der Waals surface area (Å²) in [7, 11) is 0. The van der Waals surface area contributed by atoms with Crippen molar-refractivity contribution in [1.82, 2.24) is 0 Å². The monoisotopic (exact) mass is 1040 g/mol. The molecule has 0 aliphatic heterocycles. The quantitative estimate of drug-likeness (QED) is 0.0261. The first-order chi connectivity index (χ1) is 37.0. The number of rotatable bonds is 57. The van der Waals surface area contributed by atoms with E-state index in [1.807, 2.05) is 0 Å². The van der Waals surface area contributed by atoms with Gasteiger partial charge in [0.25, 0.3) is 0 Å². The molecule has 0 rings (SSSR count). The van der Waals surface area contributed by atoms with Crippen molar-refractivity contribution in [3.63, 3.8) is 0 Å². The summed E-state index contributed by atoms with van der Waals surface area (Å²) >= 11 is 0. The second-order valence-corrected chi connectivity index (χ2v) is 20.9. The Morgan fingerprint density at radius 2 is 0.533 bits per heavy atom. The van der Waals surface area contributed by atoms with Crippen molar-refractivity contribution < 1.29 is 28.6 Å². The van der Waals surface area contributed by atoms with E-state index in [1.165, 1.54) is 148 Å². The summed E-state index contributed by atoms with van der Waals surface area (Å²) in [6, 6.07) is 0. The van der Waals surface area contributed by atoms with Crippen molar-refractivity contribution in [1.29, 1.82) is 0 Å². The summed E-state index contributed by atoms with van der Waals surface area (Å²) in [5.41, 5.74) is 0. The molecule has 0 aliphatic carbocycles. The van der Waals surface area contributed by atoms with E-state index in [9.17, 15) is 14.4 Å². The Bertz CT molecular complexity index is 1480. The lowest BCUT2D eigenvalue weighted by atomic mass is 10.0. The highest BCUT2D eigenvalue weighted by Gasteiger charge is 2.19. The average molecular weight is 1040 g/mol. The Labute approximate surface area is 464 Å². The van der Waals surface area contributed by atoms with E-state index in [2.05, 4.69) is 118 Å². The van der Waals surface area contributed by atoms with Crippen molar-refractivity contribution in [2.24, 2.45) is 0 Å². The Morgan fingerprint density at radius 3 is 0.867 bits per heavy atom. The topological polar surface area (TPSA) is 78.9 Å². The molecule has 0 aromatic rings. The number of allylic oxidation sites excluding steroid dienone is 16. The first kappa shape index (κ1) is 71.3. The normalized spacial score (nSPS) is 12.7. The molecule has 0 spiro atoms. The number of hydrogen-bond acceptors (Lipinski definition) is 6. The molecule has 0 fully saturated rings. The molecule has 0 heterocycles. The van der Waals surface area contributed by atoms with Crippen LogP contribution in [0.25, 0.3) is 0 Å². The lowest BCUT2D eigenvalue weighted by Gasteiger charge is -2.18. The zero-order chi connectivity index (χ0) is 54.3. The van der Waals surface area contributed by atoms with E-state index in [-0.39, 0.29) is 31.1 Å². The van der Waals surface area contributed by atoms with Gasteiger partial charge in [-0.05, 0) is 96.3 Å². The summed E-state index contributed by atoms with van der Waals surface area (Å²) in [5, 5.41) is 0. The fraction of sp³-hybridized carbons (Fsp3) is 0.725. The molecule has 0 aromatic heterocycles. The van der Waals surface area contributed by atoms with Gasteiger partial charge in [-0.3, -0.25) is 14.4 Å². The maximum Gasteiger partial charge on any atom is 0.306 e. The number of ether oxygens (including phenoxy) is 3. The third-order valence-electron chi connectivity index (χ3n) is 13.6. The van der Waals surface area contributed by atoms with Gasteiger partial charge in [-0.25, -0.2) is 0 Å². The van der Waals surface area contributed by atoms with Crippen LogP contribution in [0.15, 0.2) is 97.2 Å². The van der Waals surface area contributed by atoms with Crippen LogP contribution >= 0.6 is 0 Å². The molecule has 0 aromatic carbocycles. The maximum absolute atomic E-state index is 12.9. The van der Waals surface area contributed by atoms with E-state index in [0.717, 1.165) is 116 Å². The van der Waals surface area contributed by atoms with Gasteiger partial charge in [-0.15, -0.1) is 0 Å². The minimum absolute atomic E-state index is 0.0828. The van der Waals surface area contributed by atoms with E-state index in [4.69, 9.17) is 14.2 Å². The van der Waals surface area contributed by atoms with Crippen LogP contribution in [0.1, 0.15) is 303 Å². The molecule has 0 radical (unpaired) electrons. The molecule has 1 unspecified atom stereocenters. The van der Waals surface area contributed by atoms with E-state index in [0.29, 0.717) is 19.3 Å². The Balaban J connectivity index is 4.28. The van der Waals surface area contributed by atoms with Gasteiger partial charge in [-0.1, -0.05) is 285 Å². The zero-order valence-corrected chi connectivity index (χ0v) is 49.3. The lowest BCUT2D eigenvalue weighted by Crippen LogP contribution is -2.30. The van der Waals surface area contributed by atoms with Crippen molar-refractivity contribution in [2.45, 2.75) is 309 Å². The highest BCUT2D eigenvalue weighted by molar-refractivity contribution is 5.71. The molecule has 0 saturated heterocycles. The van der Waals surface area contributed by atoms with Crippen LogP contribution < -0.4 is 0 Å². The smallest absolute Gasteiger partial charge is 0.306 e.